The fourth-order valence-corrected chi connectivity index (χ4v) is 3.36. The van der Waals surface area contributed by atoms with Gasteiger partial charge in [-0.25, -0.2) is 4.98 Å². The third kappa shape index (κ3) is 3.48. The molecule has 30 heavy (non-hydrogen) atoms. The lowest BCUT2D eigenvalue weighted by atomic mass is 10.1. The van der Waals surface area contributed by atoms with Gasteiger partial charge < -0.3 is 15.0 Å². The Labute approximate surface area is 171 Å². The van der Waals surface area contributed by atoms with Crippen molar-refractivity contribution in [3.63, 3.8) is 0 Å². The average molecular weight is 403 g/mol. The summed E-state index contributed by atoms with van der Waals surface area (Å²) >= 11 is 0. The number of rotatable bonds is 5. The molecule has 0 fully saturated rings. The molecule has 0 saturated carbocycles. The Bertz CT molecular complexity index is 1370. The molecule has 0 atom stereocenters. The highest BCUT2D eigenvalue weighted by atomic mass is 16.3. The molecule has 0 aliphatic heterocycles. The van der Waals surface area contributed by atoms with Crippen molar-refractivity contribution in [3.05, 3.63) is 87.3 Å². The maximum absolute atomic E-state index is 13.0. The van der Waals surface area contributed by atoms with Gasteiger partial charge in [0.1, 0.15) is 16.8 Å². The molecular weight excluding hydrogens is 382 g/mol. The van der Waals surface area contributed by atoms with Gasteiger partial charge >= 0.3 is 0 Å². The van der Waals surface area contributed by atoms with E-state index in [2.05, 4.69) is 10.3 Å². The molecule has 0 aliphatic carbocycles. The molecule has 8 heteroatoms. The van der Waals surface area contributed by atoms with Gasteiger partial charge in [-0.1, -0.05) is 35.9 Å². The van der Waals surface area contributed by atoms with E-state index in [1.165, 1.54) is 15.0 Å². The summed E-state index contributed by atoms with van der Waals surface area (Å²) in [5.41, 5.74) is 2.35. The van der Waals surface area contributed by atoms with Crippen LogP contribution in [0.3, 0.4) is 0 Å². The van der Waals surface area contributed by atoms with Crippen LogP contribution in [-0.2, 0) is 13.1 Å². The van der Waals surface area contributed by atoms with Crippen LogP contribution in [-0.4, -0.2) is 31.6 Å². The lowest BCUT2D eigenvalue weighted by molar-refractivity contribution is 0.0948. The number of carbonyl (C=O) groups is 1. The van der Waals surface area contributed by atoms with Gasteiger partial charge in [-0.05, 0) is 30.7 Å². The number of nitrogens with zero attached hydrogens (tertiary/aromatic N) is 3. The van der Waals surface area contributed by atoms with Gasteiger partial charge in [-0.15, -0.1) is 0 Å². The fraction of sp³-hybridized carbons (Fsp3) is 0.182. The van der Waals surface area contributed by atoms with Gasteiger partial charge in [0.15, 0.2) is 0 Å². The van der Waals surface area contributed by atoms with Gasteiger partial charge in [0.2, 0.25) is 0 Å². The van der Waals surface area contributed by atoms with Crippen molar-refractivity contribution in [2.75, 3.05) is 6.61 Å². The number of nitrogens with one attached hydrogen (secondary N) is 2. The third-order valence-corrected chi connectivity index (χ3v) is 4.96. The minimum Gasteiger partial charge on any atom is -0.395 e. The highest BCUT2D eigenvalue weighted by Gasteiger charge is 2.17. The van der Waals surface area contributed by atoms with E-state index >= 15 is 0 Å². The van der Waals surface area contributed by atoms with Gasteiger partial charge in [-0.3, -0.25) is 19.4 Å². The lowest BCUT2D eigenvalue weighted by Gasteiger charge is -2.14. The zero-order valence-electron chi connectivity index (χ0n) is 16.4. The van der Waals surface area contributed by atoms with E-state index in [-0.39, 0.29) is 40.8 Å². The number of aromatic nitrogens is 3. The maximum atomic E-state index is 13.0. The Hall–Kier alpha value is -3.78. The second-order valence-corrected chi connectivity index (χ2v) is 7.03. The summed E-state index contributed by atoms with van der Waals surface area (Å²) in [7, 11) is 0. The van der Waals surface area contributed by atoms with Crippen molar-refractivity contribution in [1.29, 1.82) is 5.41 Å². The number of pyridine rings is 2. The number of hydrogen-bond donors (Lipinski definition) is 3. The summed E-state index contributed by atoms with van der Waals surface area (Å²) in [6, 6.07) is 14.3. The summed E-state index contributed by atoms with van der Waals surface area (Å²) < 4.78 is 2.79. The van der Waals surface area contributed by atoms with E-state index in [9.17, 15) is 14.7 Å². The van der Waals surface area contributed by atoms with Crippen LogP contribution < -0.4 is 16.4 Å². The predicted octanol–water partition coefficient (Wildman–Crippen LogP) is 1.36. The Morgan fingerprint density at radius 2 is 1.97 bits per heavy atom. The second-order valence-electron chi connectivity index (χ2n) is 7.03. The topological polar surface area (TPSA) is 112 Å². The van der Waals surface area contributed by atoms with Crippen LogP contribution >= 0.6 is 0 Å². The quantitative estimate of drug-likeness (QED) is 0.437. The highest BCUT2D eigenvalue weighted by molar-refractivity contribution is 5.96. The smallest absolute Gasteiger partial charge is 0.267 e. The van der Waals surface area contributed by atoms with Crippen molar-refractivity contribution in [1.82, 2.24) is 19.3 Å². The van der Waals surface area contributed by atoms with Crippen molar-refractivity contribution in [2.45, 2.75) is 20.0 Å². The summed E-state index contributed by atoms with van der Waals surface area (Å²) in [5, 5.41) is 21.0. The molecule has 152 valence electrons. The van der Waals surface area contributed by atoms with E-state index in [0.29, 0.717) is 12.2 Å². The second kappa shape index (κ2) is 7.92. The van der Waals surface area contributed by atoms with Crippen LogP contribution in [0, 0.1) is 12.3 Å². The molecule has 1 aromatic carbocycles. The number of aryl methyl sites for hydroxylation is 1. The molecule has 4 rings (SSSR count). The van der Waals surface area contributed by atoms with Crippen molar-refractivity contribution >= 4 is 22.6 Å². The molecule has 3 heterocycles. The van der Waals surface area contributed by atoms with E-state index in [0.717, 1.165) is 11.1 Å². The molecule has 0 unspecified atom stereocenters. The zero-order chi connectivity index (χ0) is 21.3. The number of carbonyl (C=O) groups excluding carboxylic acids is 1. The number of benzene rings is 1. The zero-order valence-corrected chi connectivity index (χ0v) is 16.4. The Morgan fingerprint density at radius 1 is 1.20 bits per heavy atom. The minimum atomic E-state index is -0.466. The molecular formula is C22H21N5O3. The van der Waals surface area contributed by atoms with Crippen molar-refractivity contribution in [2.24, 2.45) is 0 Å². The molecule has 0 radical (unpaired) electrons. The number of hydrogen-bond acceptors (Lipinski definition) is 5. The molecule has 8 nitrogen and oxygen atoms in total. The Kier molecular flexibility index (Phi) is 5.16. The van der Waals surface area contributed by atoms with Crippen LogP contribution in [0.4, 0.5) is 0 Å². The molecule has 0 aliphatic rings. The minimum absolute atomic E-state index is 0.0455. The largest absolute Gasteiger partial charge is 0.395 e. The number of aliphatic hydroxyl groups is 1. The van der Waals surface area contributed by atoms with Crippen LogP contribution in [0.2, 0.25) is 0 Å². The molecule has 0 bridgehead atoms. The Morgan fingerprint density at radius 3 is 2.70 bits per heavy atom. The van der Waals surface area contributed by atoms with E-state index in [1.54, 1.807) is 24.4 Å². The summed E-state index contributed by atoms with van der Waals surface area (Å²) in [6.45, 7) is 2.07. The first-order valence-corrected chi connectivity index (χ1v) is 9.54. The fourth-order valence-electron chi connectivity index (χ4n) is 3.36. The highest BCUT2D eigenvalue weighted by Crippen LogP contribution is 2.10. The first kappa shape index (κ1) is 19.5. The predicted molar refractivity (Wildman–Crippen MR) is 112 cm³/mol. The molecule has 0 saturated heterocycles. The Balaban J connectivity index is 1.82. The first-order valence-electron chi connectivity index (χ1n) is 9.54. The SMILES string of the molecule is Cc1ccc(CNC(=O)c2cc3c(=O)n4ccccc4nc3n(CCO)c2=N)cc1. The standard InChI is InChI=1S/C22H21N5O3/c1-14-5-7-15(8-6-14)13-24-21(29)16-12-17-20(27(10-11-28)19(16)23)25-18-4-2-3-9-26(18)22(17)30/h2-9,12,23,28H,10-11,13H2,1H3,(H,24,29). The summed E-state index contributed by atoms with van der Waals surface area (Å²) in [4.78, 5) is 30.3. The van der Waals surface area contributed by atoms with Gasteiger partial charge in [0.25, 0.3) is 11.5 Å². The molecule has 0 spiro atoms. The molecule has 4 aromatic rings. The first-order chi connectivity index (χ1) is 14.5. The molecule has 3 aromatic heterocycles. The van der Waals surface area contributed by atoms with Gasteiger partial charge in [-0.2, -0.15) is 0 Å². The normalized spacial score (nSPS) is 11.1. The van der Waals surface area contributed by atoms with Crippen LogP contribution in [0.15, 0.2) is 59.5 Å². The van der Waals surface area contributed by atoms with E-state index in [4.69, 9.17) is 5.41 Å². The summed E-state index contributed by atoms with van der Waals surface area (Å²) in [6.07, 6.45) is 1.60. The van der Waals surface area contributed by atoms with E-state index < -0.39 is 5.91 Å². The van der Waals surface area contributed by atoms with Crippen LogP contribution in [0.1, 0.15) is 21.5 Å². The van der Waals surface area contributed by atoms with E-state index in [1.807, 2.05) is 31.2 Å². The number of aliphatic hydroxyl groups excluding tert-OH is 1. The van der Waals surface area contributed by atoms with Gasteiger partial charge in [0.05, 0.1) is 17.6 Å². The lowest BCUT2D eigenvalue weighted by Crippen LogP contribution is -2.35. The summed E-state index contributed by atoms with van der Waals surface area (Å²) in [5.74, 6) is -0.466. The average Bonchev–Trinajstić information content (AvgIpc) is 2.75. The molecule has 3 N–H and O–H groups in total. The van der Waals surface area contributed by atoms with Crippen molar-refractivity contribution in [3.8, 4) is 0 Å². The maximum Gasteiger partial charge on any atom is 0.267 e. The van der Waals surface area contributed by atoms with Crippen LogP contribution in [0.25, 0.3) is 16.7 Å². The number of fused-ring (bicyclic) bond motifs is 2. The molecule has 1 amide bonds. The third-order valence-electron chi connectivity index (χ3n) is 4.96. The number of amides is 1. The monoisotopic (exact) mass is 403 g/mol. The van der Waals surface area contributed by atoms with Gasteiger partial charge in [0, 0.05) is 19.3 Å². The van der Waals surface area contributed by atoms with Crippen molar-refractivity contribution < 1.29 is 9.90 Å². The van der Waals surface area contributed by atoms with Crippen LogP contribution in [0.5, 0.6) is 0 Å².